The third-order valence-corrected chi connectivity index (χ3v) is 4.53. The van der Waals surface area contributed by atoms with Gasteiger partial charge in [0.1, 0.15) is 17.4 Å². The van der Waals surface area contributed by atoms with Gasteiger partial charge >= 0.3 is 6.09 Å². The van der Waals surface area contributed by atoms with E-state index in [0.29, 0.717) is 25.3 Å². The molecule has 2 rings (SSSR count). The lowest BCUT2D eigenvalue weighted by Gasteiger charge is -2.33. The smallest absolute Gasteiger partial charge is 0.410 e. The van der Waals surface area contributed by atoms with Gasteiger partial charge in [0.25, 0.3) is 0 Å². The van der Waals surface area contributed by atoms with E-state index in [1.165, 1.54) is 0 Å². The molecule has 156 valence electrons. The van der Waals surface area contributed by atoms with Crippen LogP contribution in [0.2, 0.25) is 0 Å². The van der Waals surface area contributed by atoms with Crippen molar-refractivity contribution in [2.24, 2.45) is 5.92 Å². The molecule has 1 unspecified atom stereocenters. The average molecular weight is 393 g/mol. The lowest BCUT2D eigenvalue weighted by Crippen LogP contribution is -2.46. The van der Waals surface area contributed by atoms with Gasteiger partial charge in [-0.1, -0.05) is 0 Å². The van der Waals surface area contributed by atoms with Gasteiger partial charge in [0.05, 0.1) is 12.8 Å². The van der Waals surface area contributed by atoms with Crippen LogP contribution in [-0.4, -0.2) is 47.5 Å². The Kier molecular flexibility index (Phi) is 7.48. The molecular formula is C20H31N3O5. The Balaban J connectivity index is 1.67. The van der Waals surface area contributed by atoms with Gasteiger partial charge in [-0.3, -0.25) is 9.59 Å². The number of nitrogens with one attached hydrogen (secondary N) is 2. The fraction of sp³-hybridized carbons (Fsp3) is 0.650. The first-order chi connectivity index (χ1) is 13.1. The zero-order valence-corrected chi connectivity index (χ0v) is 17.1. The second-order valence-electron chi connectivity index (χ2n) is 8.20. The van der Waals surface area contributed by atoms with Gasteiger partial charge in [-0.15, -0.1) is 0 Å². The highest BCUT2D eigenvalue weighted by molar-refractivity contribution is 5.87. The first kappa shape index (κ1) is 21.8. The molecule has 0 aliphatic carbocycles. The van der Waals surface area contributed by atoms with Crippen molar-refractivity contribution in [3.63, 3.8) is 0 Å². The van der Waals surface area contributed by atoms with E-state index in [-0.39, 0.29) is 30.4 Å². The number of hydrogen-bond donors (Lipinski definition) is 2. The van der Waals surface area contributed by atoms with Gasteiger partial charge in [-0.05, 0) is 58.6 Å². The summed E-state index contributed by atoms with van der Waals surface area (Å²) in [5.74, 6) is 0.432. The van der Waals surface area contributed by atoms with E-state index in [1.54, 1.807) is 30.2 Å². The van der Waals surface area contributed by atoms with Gasteiger partial charge < -0.3 is 24.7 Å². The standard InChI is InChI=1S/C20H31N3O5/c1-14(18(25)21-13-16-6-5-11-27-16)22-17(24)12-15-7-9-23(10-8-15)19(26)28-20(2,3)4/h5-6,11,14-15H,7-10,12-13H2,1-4H3,(H,21,25)(H,22,24). The fourth-order valence-corrected chi connectivity index (χ4v) is 3.01. The molecule has 1 aliphatic heterocycles. The number of carbonyl (C=O) groups is 3. The molecule has 1 saturated heterocycles. The molecule has 0 bridgehead atoms. The van der Waals surface area contributed by atoms with Crippen LogP contribution in [0, 0.1) is 5.92 Å². The molecule has 8 nitrogen and oxygen atoms in total. The van der Waals surface area contributed by atoms with Crippen molar-refractivity contribution in [1.29, 1.82) is 0 Å². The molecule has 2 N–H and O–H groups in total. The minimum absolute atomic E-state index is 0.156. The van der Waals surface area contributed by atoms with Crippen molar-refractivity contribution in [1.82, 2.24) is 15.5 Å². The van der Waals surface area contributed by atoms with Crippen molar-refractivity contribution in [2.75, 3.05) is 13.1 Å². The highest BCUT2D eigenvalue weighted by Crippen LogP contribution is 2.22. The largest absolute Gasteiger partial charge is 0.467 e. The van der Waals surface area contributed by atoms with Crippen molar-refractivity contribution in [3.05, 3.63) is 24.2 Å². The molecule has 0 aromatic carbocycles. The number of ether oxygens (including phenoxy) is 1. The van der Waals surface area contributed by atoms with Gasteiger partial charge in [-0.2, -0.15) is 0 Å². The van der Waals surface area contributed by atoms with Crippen LogP contribution < -0.4 is 10.6 Å². The molecule has 0 spiro atoms. The third-order valence-electron chi connectivity index (χ3n) is 4.53. The second kappa shape index (κ2) is 9.61. The van der Waals surface area contributed by atoms with Crippen LogP contribution in [0.3, 0.4) is 0 Å². The molecule has 28 heavy (non-hydrogen) atoms. The van der Waals surface area contributed by atoms with Crippen LogP contribution in [0.15, 0.2) is 22.8 Å². The number of hydrogen-bond acceptors (Lipinski definition) is 5. The number of furan rings is 1. The molecule has 0 saturated carbocycles. The number of likely N-dealkylation sites (tertiary alicyclic amines) is 1. The first-order valence-electron chi connectivity index (χ1n) is 9.71. The molecule has 2 heterocycles. The van der Waals surface area contributed by atoms with Crippen LogP contribution in [0.25, 0.3) is 0 Å². The van der Waals surface area contributed by atoms with E-state index in [1.807, 2.05) is 20.8 Å². The van der Waals surface area contributed by atoms with Crippen LogP contribution >= 0.6 is 0 Å². The van der Waals surface area contributed by atoms with E-state index in [4.69, 9.17) is 9.15 Å². The summed E-state index contributed by atoms with van der Waals surface area (Å²) in [5.41, 5.74) is -0.512. The minimum Gasteiger partial charge on any atom is -0.467 e. The van der Waals surface area contributed by atoms with Gasteiger partial charge in [0.15, 0.2) is 0 Å². The topological polar surface area (TPSA) is 101 Å². The number of nitrogens with zero attached hydrogens (tertiary/aromatic N) is 1. The zero-order chi connectivity index (χ0) is 20.7. The summed E-state index contributed by atoms with van der Waals surface area (Å²) in [6.07, 6.45) is 3.06. The van der Waals surface area contributed by atoms with Crippen molar-refractivity contribution in [2.45, 2.75) is 65.1 Å². The summed E-state index contributed by atoms with van der Waals surface area (Å²) in [6.45, 7) is 8.61. The Morgan fingerprint density at radius 1 is 1.29 bits per heavy atom. The summed E-state index contributed by atoms with van der Waals surface area (Å²) >= 11 is 0. The zero-order valence-electron chi connectivity index (χ0n) is 17.1. The normalized spacial score (nSPS) is 16.4. The second-order valence-corrected chi connectivity index (χ2v) is 8.20. The third kappa shape index (κ3) is 7.25. The van der Waals surface area contributed by atoms with Crippen molar-refractivity contribution < 1.29 is 23.5 Å². The SMILES string of the molecule is CC(NC(=O)CC1CCN(C(=O)OC(C)(C)C)CC1)C(=O)NCc1ccco1. The van der Waals surface area contributed by atoms with Crippen LogP contribution in [0.4, 0.5) is 4.79 Å². The van der Waals surface area contributed by atoms with Crippen molar-refractivity contribution >= 4 is 17.9 Å². The Bertz CT molecular complexity index is 658. The van der Waals surface area contributed by atoms with E-state index in [0.717, 1.165) is 12.8 Å². The molecule has 8 heteroatoms. The highest BCUT2D eigenvalue weighted by Gasteiger charge is 2.28. The summed E-state index contributed by atoms with van der Waals surface area (Å²) in [6, 6.07) is 2.90. The van der Waals surface area contributed by atoms with E-state index in [2.05, 4.69) is 10.6 Å². The highest BCUT2D eigenvalue weighted by atomic mass is 16.6. The molecule has 0 radical (unpaired) electrons. The summed E-state index contributed by atoms with van der Waals surface area (Å²) in [4.78, 5) is 38.1. The maximum Gasteiger partial charge on any atom is 0.410 e. The number of carbonyl (C=O) groups excluding carboxylic acids is 3. The van der Waals surface area contributed by atoms with Crippen LogP contribution in [0.1, 0.15) is 52.7 Å². The number of rotatable bonds is 6. The van der Waals surface area contributed by atoms with Gasteiger partial charge in [0, 0.05) is 19.5 Å². The van der Waals surface area contributed by atoms with Crippen LogP contribution in [-0.2, 0) is 20.9 Å². The Morgan fingerprint density at radius 2 is 1.96 bits per heavy atom. The minimum atomic E-state index is -0.621. The van der Waals surface area contributed by atoms with Gasteiger partial charge in [-0.25, -0.2) is 4.79 Å². The fourth-order valence-electron chi connectivity index (χ4n) is 3.01. The van der Waals surface area contributed by atoms with Gasteiger partial charge in [0.2, 0.25) is 11.8 Å². The maximum absolute atomic E-state index is 12.2. The quantitative estimate of drug-likeness (QED) is 0.773. The average Bonchev–Trinajstić information content (AvgIpc) is 3.12. The number of amides is 3. The van der Waals surface area contributed by atoms with E-state index in [9.17, 15) is 14.4 Å². The summed E-state index contributed by atoms with van der Waals surface area (Å²) in [7, 11) is 0. The Morgan fingerprint density at radius 3 is 2.54 bits per heavy atom. The number of piperidine rings is 1. The summed E-state index contributed by atoms with van der Waals surface area (Å²) in [5, 5.41) is 5.46. The Labute approximate surface area is 166 Å². The van der Waals surface area contributed by atoms with Crippen LogP contribution in [0.5, 0.6) is 0 Å². The Hall–Kier alpha value is -2.51. The predicted molar refractivity (Wildman–Crippen MR) is 103 cm³/mol. The molecule has 1 aromatic heterocycles. The molecule has 1 aliphatic rings. The first-order valence-corrected chi connectivity index (χ1v) is 9.71. The maximum atomic E-state index is 12.2. The van der Waals surface area contributed by atoms with Crippen molar-refractivity contribution in [3.8, 4) is 0 Å². The molecule has 1 aromatic rings. The molecule has 3 amide bonds. The summed E-state index contributed by atoms with van der Waals surface area (Å²) < 4.78 is 10.5. The lowest BCUT2D eigenvalue weighted by atomic mass is 9.93. The molecular weight excluding hydrogens is 362 g/mol. The molecule has 1 atom stereocenters. The van der Waals surface area contributed by atoms with E-state index < -0.39 is 11.6 Å². The monoisotopic (exact) mass is 393 g/mol. The lowest BCUT2D eigenvalue weighted by molar-refractivity contribution is -0.129. The predicted octanol–water partition coefficient (Wildman–Crippen LogP) is 2.44. The molecule has 1 fully saturated rings. The van der Waals surface area contributed by atoms with E-state index >= 15 is 0 Å².